The summed E-state index contributed by atoms with van der Waals surface area (Å²) in [4.78, 5) is 0. The van der Waals surface area contributed by atoms with Gasteiger partial charge in [-0.25, -0.2) is 0 Å². The Kier molecular flexibility index (Phi) is 4.06. The predicted molar refractivity (Wildman–Crippen MR) is 71.6 cm³/mol. The van der Waals surface area contributed by atoms with Gasteiger partial charge < -0.3 is 10.1 Å². The van der Waals surface area contributed by atoms with Gasteiger partial charge in [0.1, 0.15) is 5.75 Å². The van der Waals surface area contributed by atoms with Crippen LogP contribution in [0.15, 0.2) is 24.3 Å². The Balaban J connectivity index is 1.85. The Morgan fingerprint density at radius 3 is 2.82 bits per heavy atom. The van der Waals surface area contributed by atoms with Gasteiger partial charge in [-0.3, -0.25) is 0 Å². The third-order valence-corrected chi connectivity index (χ3v) is 3.34. The zero-order valence-electron chi connectivity index (χ0n) is 11.1. The Labute approximate surface area is 104 Å². The smallest absolute Gasteiger partial charge is 0.122 e. The molecular formula is C15H23NO. The molecule has 0 spiro atoms. The number of benzene rings is 1. The predicted octanol–water partition coefficient (Wildman–Crippen LogP) is 3.19. The topological polar surface area (TPSA) is 21.3 Å². The summed E-state index contributed by atoms with van der Waals surface area (Å²) in [5, 5.41) is 3.62. The molecule has 94 valence electrons. The number of rotatable bonds is 5. The van der Waals surface area contributed by atoms with Crippen molar-refractivity contribution in [2.45, 2.75) is 39.2 Å². The van der Waals surface area contributed by atoms with Gasteiger partial charge in [0.2, 0.25) is 0 Å². The lowest BCUT2D eigenvalue weighted by Crippen LogP contribution is -2.31. The maximum atomic E-state index is 5.68. The molecule has 0 saturated heterocycles. The van der Waals surface area contributed by atoms with Crippen molar-refractivity contribution in [3.8, 4) is 5.75 Å². The van der Waals surface area contributed by atoms with E-state index in [0.29, 0.717) is 12.0 Å². The highest BCUT2D eigenvalue weighted by Gasteiger charge is 2.23. The summed E-state index contributed by atoms with van der Waals surface area (Å²) in [5.74, 6) is 2.33. The van der Waals surface area contributed by atoms with E-state index in [4.69, 9.17) is 4.74 Å². The molecule has 0 amide bonds. The van der Waals surface area contributed by atoms with Crippen molar-refractivity contribution in [1.82, 2.24) is 5.32 Å². The van der Waals surface area contributed by atoms with E-state index in [-0.39, 0.29) is 0 Å². The van der Waals surface area contributed by atoms with Crippen molar-refractivity contribution < 1.29 is 4.74 Å². The molecule has 1 heterocycles. The third kappa shape index (κ3) is 3.22. The first-order valence-electron chi connectivity index (χ1n) is 6.62. The minimum Gasteiger partial charge on any atom is -0.493 e. The van der Waals surface area contributed by atoms with Crippen molar-refractivity contribution in [3.63, 3.8) is 0 Å². The van der Waals surface area contributed by atoms with Crippen molar-refractivity contribution >= 4 is 0 Å². The van der Waals surface area contributed by atoms with Gasteiger partial charge in [-0.15, -0.1) is 0 Å². The van der Waals surface area contributed by atoms with E-state index in [0.717, 1.165) is 24.8 Å². The van der Waals surface area contributed by atoms with E-state index in [1.54, 1.807) is 0 Å². The van der Waals surface area contributed by atoms with Crippen LogP contribution in [0, 0.1) is 5.92 Å². The molecule has 2 heteroatoms. The summed E-state index contributed by atoms with van der Waals surface area (Å²) in [7, 11) is 0. The molecule has 1 aliphatic heterocycles. The first kappa shape index (κ1) is 12.4. The van der Waals surface area contributed by atoms with Gasteiger partial charge in [0.15, 0.2) is 0 Å². The summed E-state index contributed by atoms with van der Waals surface area (Å²) in [5.41, 5.74) is 1.36. The second-order valence-electron chi connectivity index (χ2n) is 5.48. The van der Waals surface area contributed by atoms with Gasteiger partial charge in [0, 0.05) is 24.1 Å². The quantitative estimate of drug-likeness (QED) is 0.843. The fourth-order valence-corrected chi connectivity index (χ4v) is 2.53. The zero-order valence-corrected chi connectivity index (χ0v) is 11.1. The first-order chi connectivity index (χ1) is 8.16. The van der Waals surface area contributed by atoms with Gasteiger partial charge in [-0.2, -0.15) is 0 Å². The van der Waals surface area contributed by atoms with Gasteiger partial charge in [0.05, 0.1) is 6.61 Å². The maximum Gasteiger partial charge on any atom is 0.122 e. The van der Waals surface area contributed by atoms with Crippen molar-refractivity contribution in [2.24, 2.45) is 5.92 Å². The summed E-state index contributed by atoms with van der Waals surface area (Å²) < 4.78 is 5.68. The second-order valence-corrected chi connectivity index (χ2v) is 5.48. The highest BCUT2D eigenvalue weighted by atomic mass is 16.5. The number of hydrogen-bond donors (Lipinski definition) is 1. The number of fused-ring (bicyclic) bond motifs is 1. The minimum absolute atomic E-state index is 0.515. The maximum absolute atomic E-state index is 5.68. The first-order valence-corrected chi connectivity index (χ1v) is 6.62. The molecule has 1 aromatic rings. The van der Waals surface area contributed by atoms with Crippen LogP contribution in [0.3, 0.4) is 0 Å². The minimum atomic E-state index is 0.515. The summed E-state index contributed by atoms with van der Waals surface area (Å²) >= 11 is 0. The average Bonchev–Trinajstić information content (AvgIpc) is 2.69. The van der Waals surface area contributed by atoms with Crippen LogP contribution in [0.1, 0.15) is 38.7 Å². The summed E-state index contributed by atoms with van der Waals surface area (Å²) in [6.07, 6.45) is 1.23. The molecule has 2 nitrogen and oxygen atoms in total. The third-order valence-electron chi connectivity index (χ3n) is 3.34. The van der Waals surface area contributed by atoms with E-state index in [9.17, 15) is 0 Å². The largest absolute Gasteiger partial charge is 0.493 e. The van der Waals surface area contributed by atoms with E-state index in [1.807, 2.05) is 6.07 Å². The molecule has 0 saturated carbocycles. The Morgan fingerprint density at radius 1 is 1.29 bits per heavy atom. The standard InChI is InChI=1S/C15H23NO/c1-11(2)8-12(3)16-9-13-10-17-15-7-5-4-6-14(13)15/h4-7,11-13,16H,8-10H2,1-3H3. The average molecular weight is 233 g/mol. The lowest BCUT2D eigenvalue weighted by molar-refractivity contribution is 0.319. The second kappa shape index (κ2) is 5.54. The van der Waals surface area contributed by atoms with E-state index >= 15 is 0 Å². The molecule has 0 bridgehead atoms. The van der Waals surface area contributed by atoms with E-state index in [1.165, 1.54) is 12.0 Å². The lowest BCUT2D eigenvalue weighted by Gasteiger charge is -2.18. The van der Waals surface area contributed by atoms with Crippen LogP contribution in [0.25, 0.3) is 0 Å². The normalized spacial score (nSPS) is 20.1. The molecule has 0 fully saturated rings. The molecule has 1 aromatic carbocycles. The molecule has 0 radical (unpaired) electrons. The molecular weight excluding hydrogens is 210 g/mol. The van der Waals surface area contributed by atoms with Crippen LogP contribution in [0.4, 0.5) is 0 Å². The van der Waals surface area contributed by atoms with Gasteiger partial charge >= 0.3 is 0 Å². The fraction of sp³-hybridized carbons (Fsp3) is 0.600. The molecule has 2 rings (SSSR count). The monoisotopic (exact) mass is 233 g/mol. The molecule has 1 aliphatic rings. The molecule has 17 heavy (non-hydrogen) atoms. The van der Waals surface area contributed by atoms with Gasteiger partial charge in [0.25, 0.3) is 0 Å². The molecule has 0 aliphatic carbocycles. The SMILES string of the molecule is CC(C)CC(C)NCC1COc2ccccc21. The van der Waals surface area contributed by atoms with Crippen molar-refractivity contribution in [3.05, 3.63) is 29.8 Å². The molecule has 1 N–H and O–H groups in total. The van der Waals surface area contributed by atoms with Gasteiger partial charge in [-0.05, 0) is 25.3 Å². The van der Waals surface area contributed by atoms with Crippen LogP contribution in [-0.4, -0.2) is 19.2 Å². The van der Waals surface area contributed by atoms with Crippen LogP contribution < -0.4 is 10.1 Å². The number of nitrogens with one attached hydrogen (secondary N) is 1. The van der Waals surface area contributed by atoms with Crippen molar-refractivity contribution in [1.29, 1.82) is 0 Å². The molecule has 2 unspecified atom stereocenters. The Hall–Kier alpha value is -1.02. The molecule has 2 atom stereocenters. The van der Waals surface area contributed by atoms with Crippen LogP contribution >= 0.6 is 0 Å². The van der Waals surface area contributed by atoms with Gasteiger partial charge in [-0.1, -0.05) is 32.0 Å². The fourth-order valence-electron chi connectivity index (χ4n) is 2.53. The Morgan fingerprint density at radius 2 is 2.06 bits per heavy atom. The van der Waals surface area contributed by atoms with E-state index < -0.39 is 0 Å². The van der Waals surface area contributed by atoms with E-state index in [2.05, 4.69) is 44.3 Å². The van der Waals surface area contributed by atoms with Crippen molar-refractivity contribution in [2.75, 3.05) is 13.2 Å². The number of ether oxygens (including phenoxy) is 1. The number of hydrogen-bond acceptors (Lipinski definition) is 2. The highest BCUT2D eigenvalue weighted by Crippen LogP contribution is 2.32. The summed E-state index contributed by atoms with van der Waals surface area (Å²) in [6, 6.07) is 8.96. The van der Waals surface area contributed by atoms with Crippen LogP contribution in [-0.2, 0) is 0 Å². The van der Waals surface area contributed by atoms with Crippen LogP contribution in [0.2, 0.25) is 0 Å². The highest BCUT2D eigenvalue weighted by molar-refractivity contribution is 5.39. The summed E-state index contributed by atoms with van der Waals surface area (Å²) in [6.45, 7) is 8.64. The zero-order chi connectivity index (χ0) is 12.3. The number of para-hydroxylation sites is 1. The molecule has 0 aromatic heterocycles. The van der Waals surface area contributed by atoms with Crippen LogP contribution in [0.5, 0.6) is 5.75 Å². The Bertz CT molecular complexity index is 362. The lowest BCUT2D eigenvalue weighted by atomic mass is 10.00.